The zero-order valence-corrected chi connectivity index (χ0v) is 10.4. The summed E-state index contributed by atoms with van der Waals surface area (Å²) in [5.41, 5.74) is 3.41. The second-order valence-corrected chi connectivity index (χ2v) is 4.38. The highest BCUT2D eigenvalue weighted by atomic mass is 19.1. The number of rotatable bonds is 3. The van der Waals surface area contributed by atoms with Crippen molar-refractivity contribution in [2.45, 2.75) is 26.7 Å². The van der Waals surface area contributed by atoms with E-state index in [4.69, 9.17) is 4.74 Å². The zero-order valence-electron chi connectivity index (χ0n) is 10.4. The first kappa shape index (κ1) is 12.6. The van der Waals surface area contributed by atoms with Crippen molar-refractivity contribution in [3.63, 3.8) is 0 Å². The Labute approximate surface area is 105 Å². The highest BCUT2D eigenvalue weighted by molar-refractivity contribution is 5.89. The van der Waals surface area contributed by atoms with Crippen LogP contribution < -0.4 is 0 Å². The summed E-state index contributed by atoms with van der Waals surface area (Å²) in [6.45, 7) is 4.00. The Morgan fingerprint density at radius 2 is 2.22 bits per heavy atom. The summed E-state index contributed by atoms with van der Waals surface area (Å²) in [5.74, 6) is -1.31. The molecule has 0 heterocycles. The number of halogens is 1. The quantitative estimate of drug-likeness (QED) is 0.839. The molecule has 0 fully saturated rings. The number of allylic oxidation sites excluding steroid dienone is 1. The van der Waals surface area contributed by atoms with Crippen molar-refractivity contribution in [1.29, 1.82) is 0 Å². The number of esters is 1. The van der Waals surface area contributed by atoms with Crippen molar-refractivity contribution >= 4 is 11.5 Å². The monoisotopic (exact) mass is 250 g/mol. The molecule has 0 aromatic heterocycles. The summed E-state index contributed by atoms with van der Waals surface area (Å²) in [4.78, 5) is 11.5. The van der Waals surface area contributed by atoms with Gasteiger partial charge in [0.1, 0.15) is 0 Å². The second-order valence-electron chi connectivity index (χ2n) is 4.38. The van der Waals surface area contributed by atoms with Crippen LogP contribution in [0.5, 0.6) is 5.75 Å². The maximum atomic E-state index is 13.3. The molecule has 1 aliphatic carbocycles. The van der Waals surface area contributed by atoms with E-state index in [1.807, 2.05) is 6.92 Å². The lowest BCUT2D eigenvalue weighted by molar-refractivity contribution is -0.141. The SMILES string of the molecule is CCOC(=O)CC1=C(C)Cc2cc(F)c(O)cc21. The molecule has 2 rings (SSSR count). The van der Waals surface area contributed by atoms with Gasteiger partial charge in [-0.15, -0.1) is 0 Å². The molecule has 0 bridgehead atoms. The first-order valence-corrected chi connectivity index (χ1v) is 5.89. The van der Waals surface area contributed by atoms with Crippen molar-refractivity contribution in [3.8, 4) is 5.75 Å². The third-order valence-electron chi connectivity index (χ3n) is 3.09. The molecule has 0 radical (unpaired) electrons. The van der Waals surface area contributed by atoms with Gasteiger partial charge in [-0.3, -0.25) is 4.79 Å². The van der Waals surface area contributed by atoms with Crippen molar-refractivity contribution in [3.05, 3.63) is 34.6 Å². The standard InChI is InChI=1S/C14H15FO3/c1-3-18-14(17)7-10-8(2)4-9-5-12(15)13(16)6-11(9)10/h5-6,16H,3-4,7H2,1-2H3. The van der Waals surface area contributed by atoms with Crippen molar-refractivity contribution < 1.29 is 19.0 Å². The molecule has 96 valence electrons. The van der Waals surface area contributed by atoms with Crippen LogP contribution in [0, 0.1) is 5.82 Å². The minimum absolute atomic E-state index is 0.164. The van der Waals surface area contributed by atoms with Crippen LogP contribution in [0.4, 0.5) is 4.39 Å². The molecular weight excluding hydrogens is 235 g/mol. The number of carbonyl (C=O) groups is 1. The molecule has 0 aliphatic heterocycles. The number of ether oxygens (including phenoxy) is 1. The van der Waals surface area contributed by atoms with Crippen molar-refractivity contribution in [2.75, 3.05) is 6.61 Å². The van der Waals surface area contributed by atoms with E-state index in [0.29, 0.717) is 13.0 Å². The Kier molecular flexibility index (Phi) is 3.36. The van der Waals surface area contributed by atoms with Crippen LogP contribution >= 0.6 is 0 Å². The van der Waals surface area contributed by atoms with Gasteiger partial charge in [0.25, 0.3) is 0 Å². The minimum atomic E-state index is -0.626. The predicted octanol–water partition coefficient (Wildman–Crippen LogP) is 2.81. The molecule has 1 aliphatic rings. The fraction of sp³-hybridized carbons (Fsp3) is 0.357. The maximum Gasteiger partial charge on any atom is 0.310 e. The Hall–Kier alpha value is -1.84. The molecule has 0 atom stereocenters. The Balaban J connectivity index is 2.31. The zero-order chi connectivity index (χ0) is 13.3. The molecule has 0 saturated carbocycles. The molecule has 0 saturated heterocycles. The van der Waals surface area contributed by atoms with E-state index in [0.717, 1.165) is 22.3 Å². The van der Waals surface area contributed by atoms with Gasteiger partial charge in [0.05, 0.1) is 13.0 Å². The van der Waals surface area contributed by atoms with Gasteiger partial charge >= 0.3 is 5.97 Å². The minimum Gasteiger partial charge on any atom is -0.505 e. The van der Waals surface area contributed by atoms with E-state index in [2.05, 4.69) is 0 Å². The predicted molar refractivity (Wildman–Crippen MR) is 65.6 cm³/mol. The Morgan fingerprint density at radius 1 is 1.50 bits per heavy atom. The van der Waals surface area contributed by atoms with Crippen LogP contribution in [0.15, 0.2) is 17.7 Å². The van der Waals surface area contributed by atoms with E-state index < -0.39 is 5.82 Å². The third kappa shape index (κ3) is 2.23. The van der Waals surface area contributed by atoms with Gasteiger partial charge in [0.15, 0.2) is 11.6 Å². The number of hydrogen-bond acceptors (Lipinski definition) is 3. The molecular formula is C14H15FO3. The average molecular weight is 250 g/mol. The summed E-state index contributed by atoms with van der Waals surface area (Å²) in [7, 11) is 0. The van der Waals surface area contributed by atoms with E-state index >= 15 is 0 Å². The molecule has 1 aromatic rings. The van der Waals surface area contributed by atoms with Gasteiger partial charge in [-0.2, -0.15) is 0 Å². The highest BCUT2D eigenvalue weighted by Crippen LogP contribution is 2.37. The topological polar surface area (TPSA) is 46.5 Å². The summed E-state index contributed by atoms with van der Waals surface area (Å²) >= 11 is 0. The number of aromatic hydroxyl groups is 1. The summed E-state index contributed by atoms with van der Waals surface area (Å²) in [6, 6.07) is 2.71. The van der Waals surface area contributed by atoms with E-state index in [-0.39, 0.29) is 18.1 Å². The summed E-state index contributed by atoms with van der Waals surface area (Å²) in [5, 5.41) is 9.41. The van der Waals surface area contributed by atoms with E-state index in [1.54, 1.807) is 6.92 Å². The largest absolute Gasteiger partial charge is 0.505 e. The molecule has 18 heavy (non-hydrogen) atoms. The van der Waals surface area contributed by atoms with Gasteiger partial charge in [0.2, 0.25) is 0 Å². The normalized spacial score (nSPS) is 13.7. The first-order chi connectivity index (χ1) is 8.52. The van der Waals surface area contributed by atoms with Gasteiger partial charge in [0, 0.05) is 0 Å². The molecule has 4 heteroatoms. The number of carbonyl (C=O) groups excluding carboxylic acids is 1. The van der Waals surface area contributed by atoms with Gasteiger partial charge < -0.3 is 9.84 Å². The lowest BCUT2D eigenvalue weighted by atomic mass is 10.0. The number of phenols is 1. The number of fused-ring (bicyclic) bond motifs is 1. The number of benzene rings is 1. The Bertz CT molecular complexity index is 532. The van der Waals surface area contributed by atoms with Crippen LogP contribution in [0.2, 0.25) is 0 Å². The van der Waals surface area contributed by atoms with Crippen LogP contribution in [-0.2, 0) is 16.0 Å². The highest BCUT2D eigenvalue weighted by Gasteiger charge is 2.23. The Morgan fingerprint density at radius 3 is 2.89 bits per heavy atom. The molecule has 3 nitrogen and oxygen atoms in total. The fourth-order valence-electron chi connectivity index (χ4n) is 2.25. The summed E-state index contributed by atoms with van der Waals surface area (Å²) in [6.07, 6.45) is 0.777. The van der Waals surface area contributed by atoms with Crippen molar-refractivity contribution in [1.82, 2.24) is 0 Å². The van der Waals surface area contributed by atoms with Gasteiger partial charge in [-0.05, 0) is 49.1 Å². The maximum absolute atomic E-state index is 13.3. The van der Waals surface area contributed by atoms with E-state index in [9.17, 15) is 14.3 Å². The molecule has 1 N–H and O–H groups in total. The average Bonchev–Trinajstić information content (AvgIpc) is 2.57. The van der Waals surface area contributed by atoms with Gasteiger partial charge in [-0.1, -0.05) is 5.57 Å². The third-order valence-corrected chi connectivity index (χ3v) is 3.09. The lowest BCUT2D eigenvalue weighted by Gasteiger charge is -2.07. The van der Waals surface area contributed by atoms with Crippen LogP contribution in [-0.4, -0.2) is 17.7 Å². The smallest absolute Gasteiger partial charge is 0.310 e. The van der Waals surface area contributed by atoms with Crippen LogP contribution in [0.25, 0.3) is 5.57 Å². The number of phenolic OH excluding ortho intramolecular Hbond substituents is 1. The molecule has 0 amide bonds. The summed E-state index contributed by atoms with van der Waals surface area (Å²) < 4.78 is 18.2. The molecule has 0 unspecified atom stereocenters. The fourth-order valence-corrected chi connectivity index (χ4v) is 2.25. The molecule has 0 spiro atoms. The second kappa shape index (κ2) is 4.80. The van der Waals surface area contributed by atoms with E-state index in [1.165, 1.54) is 12.1 Å². The van der Waals surface area contributed by atoms with Crippen LogP contribution in [0.3, 0.4) is 0 Å². The van der Waals surface area contributed by atoms with Crippen molar-refractivity contribution in [2.24, 2.45) is 0 Å². The van der Waals surface area contributed by atoms with Crippen LogP contribution in [0.1, 0.15) is 31.4 Å². The lowest BCUT2D eigenvalue weighted by Crippen LogP contribution is -2.04. The van der Waals surface area contributed by atoms with Gasteiger partial charge in [-0.25, -0.2) is 4.39 Å². The number of hydrogen-bond donors (Lipinski definition) is 1. The first-order valence-electron chi connectivity index (χ1n) is 5.89. The molecule has 1 aromatic carbocycles.